The molecule has 118 valence electrons. The lowest BCUT2D eigenvalue weighted by Crippen LogP contribution is -2.37. The molecule has 0 saturated heterocycles. The molecule has 21 heavy (non-hydrogen) atoms. The Balaban J connectivity index is 2.13. The minimum atomic E-state index is -3.48. The molecule has 0 aromatic carbocycles. The van der Waals surface area contributed by atoms with Gasteiger partial charge in [0.15, 0.2) is 0 Å². The Labute approximate surface area is 127 Å². The predicted octanol–water partition coefficient (Wildman–Crippen LogP) is 2.62. The Kier molecular flexibility index (Phi) is 5.22. The highest BCUT2D eigenvalue weighted by molar-refractivity contribution is 7.89. The lowest BCUT2D eigenvalue weighted by Gasteiger charge is -2.21. The van der Waals surface area contributed by atoms with Crippen molar-refractivity contribution >= 4 is 15.8 Å². The SMILES string of the molecule is CCNc1cc(S(=O)(=O)NC2CCC(CC)C2C)ccn1. The minimum absolute atomic E-state index is 0.0377. The first-order valence-corrected chi connectivity index (χ1v) is 9.18. The van der Waals surface area contributed by atoms with Crippen LogP contribution in [0.15, 0.2) is 23.2 Å². The van der Waals surface area contributed by atoms with Crippen molar-refractivity contribution in [3.8, 4) is 0 Å². The van der Waals surface area contributed by atoms with E-state index in [9.17, 15) is 8.42 Å². The zero-order valence-electron chi connectivity index (χ0n) is 13.0. The molecule has 1 aliphatic carbocycles. The van der Waals surface area contributed by atoms with E-state index in [2.05, 4.69) is 28.9 Å². The van der Waals surface area contributed by atoms with Gasteiger partial charge in [-0.15, -0.1) is 0 Å². The minimum Gasteiger partial charge on any atom is -0.370 e. The molecule has 1 aliphatic rings. The van der Waals surface area contributed by atoms with Crippen molar-refractivity contribution < 1.29 is 8.42 Å². The van der Waals surface area contributed by atoms with E-state index in [1.807, 2.05) is 6.92 Å². The summed E-state index contributed by atoms with van der Waals surface area (Å²) in [7, 11) is -3.48. The number of rotatable bonds is 6. The first-order chi connectivity index (χ1) is 9.97. The molecule has 3 unspecified atom stereocenters. The number of sulfonamides is 1. The molecule has 1 saturated carbocycles. The van der Waals surface area contributed by atoms with Gasteiger partial charge < -0.3 is 5.32 Å². The van der Waals surface area contributed by atoms with E-state index in [1.54, 1.807) is 12.1 Å². The fourth-order valence-electron chi connectivity index (χ4n) is 3.11. The van der Waals surface area contributed by atoms with Crippen molar-refractivity contribution in [2.24, 2.45) is 11.8 Å². The summed E-state index contributed by atoms with van der Waals surface area (Å²) in [4.78, 5) is 4.39. The number of pyridine rings is 1. The third-order valence-electron chi connectivity index (χ3n) is 4.46. The van der Waals surface area contributed by atoms with Gasteiger partial charge in [0, 0.05) is 24.8 Å². The number of aromatic nitrogens is 1. The number of nitrogens with zero attached hydrogens (tertiary/aromatic N) is 1. The molecule has 6 heteroatoms. The molecular formula is C15H25N3O2S. The molecule has 2 N–H and O–H groups in total. The summed E-state index contributed by atoms with van der Waals surface area (Å²) in [6.07, 6.45) is 4.66. The first-order valence-electron chi connectivity index (χ1n) is 7.70. The van der Waals surface area contributed by atoms with Crippen molar-refractivity contribution in [1.29, 1.82) is 0 Å². The first kappa shape index (κ1) is 16.2. The van der Waals surface area contributed by atoms with Crippen LogP contribution in [0.25, 0.3) is 0 Å². The Morgan fingerprint density at radius 3 is 2.71 bits per heavy atom. The number of hydrogen-bond acceptors (Lipinski definition) is 4. The zero-order valence-corrected chi connectivity index (χ0v) is 13.8. The van der Waals surface area contributed by atoms with Crippen molar-refractivity contribution in [3.63, 3.8) is 0 Å². The molecular weight excluding hydrogens is 286 g/mol. The molecule has 0 bridgehead atoms. The summed E-state index contributed by atoms with van der Waals surface area (Å²) in [6, 6.07) is 3.17. The summed E-state index contributed by atoms with van der Waals surface area (Å²) >= 11 is 0. The van der Waals surface area contributed by atoms with Gasteiger partial charge in [-0.05, 0) is 37.7 Å². The lowest BCUT2D eigenvalue weighted by atomic mass is 9.94. The topological polar surface area (TPSA) is 71.1 Å². The molecule has 0 spiro atoms. The summed E-state index contributed by atoms with van der Waals surface area (Å²) in [5, 5.41) is 3.04. The fourth-order valence-corrected chi connectivity index (χ4v) is 4.49. The average molecular weight is 311 g/mol. The standard InChI is InChI=1S/C15H25N3O2S/c1-4-12-6-7-14(11(12)3)18-21(19,20)13-8-9-17-15(10-13)16-5-2/h8-12,14,18H,4-7H2,1-3H3,(H,16,17). The summed E-state index contributed by atoms with van der Waals surface area (Å²) in [5.41, 5.74) is 0. The molecule has 0 aliphatic heterocycles. The number of anilines is 1. The molecule has 1 aromatic rings. The third-order valence-corrected chi connectivity index (χ3v) is 5.94. The second-order valence-corrected chi connectivity index (χ2v) is 7.45. The van der Waals surface area contributed by atoms with Gasteiger partial charge in [0.05, 0.1) is 4.90 Å². The molecule has 3 atom stereocenters. The maximum absolute atomic E-state index is 12.5. The van der Waals surface area contributed by atoms with Gasteiger partial charge in [-0.3, -0.25) is 0 Å². The van der Waals surface area contributed by atoms with Crippen molar-refractivity contribution in [2.45, 2.75) is 51.0 Å². The van der Waals surface area contributed by atoms with Crippen LogP contribution in [0.1, 0.15) is 40.0 Å². The van der Waals surface area contributed by atoms with E-state index in [0.717, 1.165) is 19.3 Å². The predicted molar refractivity (Wildman–Crippen MR) is 84.7 cm³/mol. The second kappa shape index (κ2) is 6.75. The Morgan fingerprint density at radius 2 is 2.10 bits per heavy atom. The van der Waals surface area contributed by atoms with Gasteiger partial charge in [0.25, 0.3) is 0 Å². The normalized spacial score (nSPS) is 26.0. The maximum Gasteiger partial charge on any atom is 0.241 e. The Bertz CT molecular complexity index is 574. The summed E-state index contributed by atoms with van der Waals surface area (Å²) in [6.45, 7) is 6.97. The molecule has 5 nitrogen and oxygen atoms in total. The Hall–Kier alpha value is -1.14. The Morgan fingerprint density at radius 1 is 1.33 bits per heavy atom. The molecule has 1 heterocycles. The van der Waals surface area contributed by atoms with Crippen LogP contribution in [0.4, 0.5) is 5.82 Å². The highest BCUT2D eigenvalue weighted by Crippen LogP contribution is 2.34. The van der Waals surface area contributed by atoms with E-state index in [-0.39, 0.29) is 10.9 Å². The van der Waals surface area contributed by atoms with E-state index < -0.39 is 10.0 Å². The van der Waals surface area contributed by atoms with Crippen LogP contribution in [0.3, 0.4) is 0 Å². The lowest BCUT2D eigenvalue weighted by molar-refractivity contribution is 0.368. The monoisotopic (exact) mass is 311 g/mol. The highest BCUT2D eigenvalue weighted by atomic mass is 32.2. The molecule has 0 amide bonds. The van der Waals surface area contributed by atoms with Crippen LogP contribution < -0.4 is 10.0 Å². The summed E-state index contributed by atoms with van der Waals surface area (Å²) in [5.74, 6) is 1.60. The van der Waals surface area contributed by atoms with Crippen LogP contribution in [0.2, 0.25) is 0 Å². The van der Waals surface area contributed by atoms with Gasteiger partial charge in [0.1, 0.15) is 5.82 Å². The van der Waals surface area contributed by atoms with E-state index in [1.165, 1.54) is 6.20 Å². The van der Waals surface area contributed by atoms with E-state index in [0.29, 0.717) is 24.2 Å². The van der Waals surface area contributed by atoms with Gasteiger partial charge >= 0.3 is 0 Å². The number of nitrogens with one attached hydrogen (secondary N) is 2. The van der Waals surface area contributed by atoms with Crippen molar-refractivity contribution in [2.75, 3.05) is 11.9 Å². The zero-order chi connectivity index (χ0) is 15.5. The quantitative estimate of drug-likeness (QED) is 0.847. The molecule has 1 aromatic heterocycles. The highest BCUT2D eigenvalue weighted by Gasteiger charge is 2.34. The molecule has 2 rings (SSSR count). The largest absolute Gasteiger partial charge is 0.370 e. The van der Waals surface area contributed by atoms with Gasteiger partial charge in [-0.1, -0.05) is 20.3 Å². The second-order valence-electron chi connectivity index (χ2n) is 5.74. The van der Waals surface area contributed by atoms with Crippen LogP contribution in [0, 0.1) is 11.8 Å². The van der Waals surface area contributed by atoms with Crippen LogP contribution in [0.5, 0.6) is 0 Å². The van der Waals surface area contributed by atoms with Crippen molar-refractivity contribution in [1.82, 2.24) is 9.71 Å². The number of hydrogen-bond donors (Lipinski definition) is 2. The van der Waals surface area contributed by atoms with Crippen LogP contribution in [-0.4, -0.2) is 26.0 Å². The van der Waals surface area contributed by atoms with Crippen molar-refractivity contribution in [3.05, 3.63) is 18.3 Å². The molecule has 1 fully saturated rings. The van der Waals surface area contributed by atoms with Gasteiger partial charge in [0.2, 0.25) is 10.0 Å². The van der Waals surface area contributed by atoms with Gasteiger partial charge in [-0.25, -0.2) is 18.1 Å². The molecule has 0 radical (unpaired) electrons. The van der Waals surface area contributed by atoms with E-state index in [4.69, 9.17) is 0 Å². The smallest absolute Gasteiger partial charge is 0.241 e. The third kappa shape index (κ3) is 3.74. The van der Waals surface area contributed by atoms with E-state index >= 15 is 0 Å². The van der Waals surface area contributed by atoms with Crippen LogP contribution >= 0.6 is 0 Å². The van der Waals surface area contributed by atoms with Gasteiger partial charge in [-0.2, -0.15) is 0 Å². The van der Waals surface area contributed by atoms with Crippen LogP contribution in [-0.2, 0) is 10.0 Å². The maximum atomic E-state index is 12.5. The average Bonchev–Trinajstić information content (AvgIpc) is 2.80. The fraction of sp³-hybridized carbons (Fsp3) is 0.667. The summed E-state index contributed by atoms with van der Waals surface area (Å²) < 4.78 is 27.9.